The molecule has 122 valence electrons. The third-order valence-electron chi connectivity index (χ3n) is 3.50. The van der Waals surface area contributed by atoms with Crippen LogP contribution in [0.15, 0.2) is 35.2 Å². The number of amides is 1. The van der Waals surface area contributed by atoms with Gasteiger partial charge in [0.05, 0.1) is 18.8 Å². The lowest BCUT2D eigenvalue weighted by atomic mass is 10.1. The minimum Gasteiger partial charge on any atom is -0.377 e. The number of carbonyl (C=O) groups excluding carboxylic acids is 1. The van der Waals surface area contributed by atoms with Crippen LogP contribution in [0, 0.1) is 0 Å². The first-order valence-electron chi connectivity index (χ1n) is 6.79. The molecule has 0 spiro atoms. The highest BCUT2D eigenvalue weighted by molar-refractivity contribution is 5.94. The van der Waals surface area contributed by atoms with E-state index in [-0.39, 0.29) is 24.5 Å². The van der Waals surface area contributed by atoms with E-state index in [1.165, 1.54) is 17.0 Å². The number of carbonyl (C=O) groups is 1. The molecular weight excluding hydrogens is 315 g/mol. The average molecular weight is 327 g/mol. The Morgan fingerprint density at radius 1 is 1.35 bits per heavy atom. The molecule has 1 aliphatic rings. The van der Waals surface area contributed by atoms with Gasteiger partial charge in [-0.2, -0.15) is 18.2 Å². The fraction of sp³-hybridized carbons (Fsp3) is 0.357. The molecule has 23 heavy (non-hydrogen) atoms. The van der Waals surface area contributed by atoms with Gasteiger partial charge >= 0.3 is 6.18 Å². The van der Waals surface area contributed by atoms with Crippen molar-refractivity contribution in [1.82, 2.24) is 15.0 Å². The Bertz CT molecular complexity index is 688. The van der Waals surface area contributed by atoms with Gasteiger partial charge in [-0.25, -0.2) is 0 Å². The zero-order chi connectivity index (χ0) is 16.4. The Balaban J connectivity index is 1.89. The molecule has 1 aromatic carbocycles. The number of hydrogen-bond acceptors (Lipinski definition) is 5. The highest BCUT2D eigenvalue weighted by Crippen LogP contribution is 2.30. The SMILES string of the molecule is O=C(c1cccc(C(F)(F)F)c1)N1CCOC[C@H]1c1ncon1. The van der Waals surface area contributed by atoms with Crippen LogP contribution >= 0.6 is 0 Å². The van der Waals surface area contributed by atoms with Gasteiger partial charge in [-0.05, 0) is 18.2 Å². The van der Waals surface area contributed by atoms with E-state index in [9.17, 15) is 18.0 Å². The van der Waals surface area contributed by atoms with E-state index in [0.29, 0.717) is 6.61 Å². The van der Waals surface area contributed by atoms with Crippen molar-refractivity contribution < 1.29 is 27.2 Å². The Morgan fingerprint density at radius 3 is 2.87 bits per heavy atom. The van der Waals surface area contributed by atoms with E-state index >= 15 is 0 Å². The van der Waals surface area contributed by atoms with Crippen LogP contribution in [0.25, 0.3) is 0 Å². The first-order valence-corrected chi connectivity index (χ1v) is 6.79. The smallest absolute Gasteiger partial charge is 0.377 e. The van der Waals surface area contributed by atoms with Crippen LogP contribution in [0.3, 0.4) is 0 Å². The number of nitrogens with zero attached hydrogens (tertiary/aromatic N) is 3. The lowest BCUT2D eigenvalue weighted by molar-refractivity contribution is -0.137. The van der Waals surface area contributed by atoms with Crippen LogP contribution in [0.5, 0.6) is 0 Å². The van der Waals surface area contributed by atoms with Crippen LogP contribution in [0.2, 0.25) is 0 Å². The van der Waals surface area contributed by atoms with Gasteiger partial charge in [-0.3, -0.25) is 4.79 Å². The van der Waals surface area contributed by atoms with E-state index in [0.717, 1.165) is 18.5 Å². The number of morpholine rings is 1. The van der Waals surface area contributed by atoms with Crippen LogP contribution < -0.4 is 0 Å². The predicted molar refractivity (Wildman–Crippen MR) is 70.3 cm³/mol. The molecule has 1 fully saturated rings. The number of benzene rings is 1. The van der Waals surface area contributed by atoms with Gasteiger partial charge in [0, 0.05) is 12.1 Å². The van der Waals surface area contributed by atoms with Gasteiger partial charge < -0.3 is 14.2 Å². The van der Waals surface area contributed by atoms with Crippen molar-refractivity contribution in [3.8, 4) is 0 Å². The fourth-order valence-electron chi connectivity index (χ4n) is 2.38. The summed E-state index contributed by atoms with van der Waals surface area (Å²) in [4.78, 5) is 17.9. The maximum absolute atomic E-state index is 12.8. The standard InChI is InChI=1S/C14H12F3N3O3/c15-14(16,17)10-3-1-2-9(6-10)13(21)20-4-5-22-7-11(20)12-18-8-23-19-12/h1-3,6,8,11H,4-5,7H2/t11-/m0/s1. The molecule has 1 saturated heterocycles. The molecule has 1 aromatic heterocycles. The number of hydrogen-bond donors (Lipinski definition) is 0. The molecule has 9 heteroatoms. The summed E-state index contributed by atoms with van der Waals surface area (Å²) in [7, 11) is 0. The molecule has 3 rings (SSSR count). The summed E-state index contributed by atoms with van der Waals surface area (Å²) in [5, 5.41) is 3.68. The summed E-state index contributed by atoms with van der Waals surface area (Å²) in [6.45, 7) is 0.678. The van der Waals surface area contributed by atoms with Crippen LogP contribution in [-0.2, 0) is 10.9 Å². The Morgan fingerprint density at radius 2 is 2.17 bits per heavy atom. The second kappa shape index (κ2) is 5.99. The van der Waals surface area contributed by atoms with Crippen molar-refractivity contribution in [3.63, 3.8) is 0 Å². The topological polar surface area (TPSA) is 68.5 Å². The lowest BCUT2D eigenvalue weighted by Gasteiger charge is -2.33. The van der Waals surface area contributed by atoms with Gasteiger partial charge in [0.15, 0.2) is 5.82 Å². The summed E-state index contributed by atoms with van der Waals surface area (Å²) in [6, 6.07) is 3.72. The quantitative estimate of drug-likeness (QED) is 0.846. The van der Waals surface area contributed by atoms with Crippen LogP contribution in [0.4, 0.5) is 13.2 Å². The number of aromatic nitrogens is 2. The predicted octanol–water partition coefficient (Wildman–Crippen LogP) is 2.30. The fourth-order valence-corrected chi connectivity index (χ4v) is 2.38. The number of ether oxygens (including phenoxy) is 1. The first kappa shape index (κ1) is 15.5. The van der Waals surface area contributed by atoms with Crippen molar-refractivity contribution in [1.29, 1.82) is 0 Å². The maximum atomic E-state index is 12.8. The molecular formula is C14H12F3N3O3. The van der Waals surface area contributed by atoms with E-state index in [1.54, 1.807) is 0 Å². The molecule has 1 atom stereocenters. The molecule has 0 radical (unpaired) electrons. The number of halogens is 3. The number of rotatable bonds is 2. The molecule has 0 saturated carbocycles. The zero-order valence-corrected chi connectivity index (χ0v) is 11.8. The van der Waals surface area contributed by atoms with Gasteiger partial charge in [-0.15, -0.1) is 0 Å². The van der Waals surface area contributed by atoms with Crippen molar-refractivity contribution in [2.75, 3.05) is 19.8 Å². The third-order valence-corrected chi connectivity index (χ3v) is 3.50. The van der Waals surface area contributed by atoms with Gasteiger partial charge in [0.1, 0.15) is 6.04 Å². The van der Waals surface area contributed by atoms with Crippen LogP contribution in [-0.4, -0.2) is 40.7 Å². The van der Waals surface area contributed by atoms with E-state index in [4.69, 9.17) is 4.74 Å². The summed E-state index contributed by atoms with van der Waals surface area (Å²) in [5.74, 6) is -0.278. The van der Waals surface area contributed by atoms with E-state index in [2.05, 4.69) is 14.7 Å². The summed E-state index contributed by atoms with van der Waals surface area (Å²) >= 11 is 0. The molecule has 1 amide bonds. The normalized spacial score (nSPS) is 18.9. The Hall–Kier alpha value is -2.42. The monoisotopic (exact) mass is 327 g/mol. The molecule has 2 aromatic rings. The third kappa shape index (κ3) is 3.19. The zero-order valence-electron chi connectivity index (χ0n) is 11.8. The van der Waals surface area contributed by atoms with Gasteiger partial charge in [0.25, 0.3) is 5.91 Å². The van der Waals surface area contributed by atoms with Gasteiger partial charge in [-0.1, -0.05) is 11.2 Å². The molecule has 0 unspecified atom stereocenters. The second-order valence-corrected chi connectivity index (χ2v) is 4.96. The molecule has 0 aliphatic carbocycles. The highest BCUT2D eigenvalue weighted by atomic mass is 19.4. The second-order valence-electron chi connectivity index (χ2n) is 4.96. The molecule has 2 heterocycles. The molecule has 0 N–H and O–H groups in total. The van der Waals surface area contributed by atoms with Crippen molar-refractivity contribution in [2.45, 2.75) is 12.2 Å². The van der Waals surface area contributed by atoms with Crippen molar-refractivity contribution in [2.24, 2.45) is 0 Å². The molecule has 6 nitrogen and oxygen atoms in total. The van der Waals surface area contributed by atoms with Gasteiger partial charge in [0.2, 0.25) is 6.39 Å². The minimum absolute atomic E-state index is 0.0461. The van der Waals surface area contributed by atoms with Crippen molar-refractivity contribution in [3.05, 3.63) is 47.6 Å². The Labute approximate surface area is 128 Å². The minimum atomic E-state index is -4.51. The van der Waals surface area contributed by atoms with E-state index < -0.39 is 23.7 Å². The summed E-state index contributed by atoms with van der Waals surface area (Å²) < 4.78 is 48.4. The van der Waals surface area contributed by atoms with Crippen molar-refractivity contribution >= 4 is 5.91 Å². The summed E-state index contributed by atoms with van der Waals surface area (Å²) in [6.07, 6.45) is -3.38. The lowest BCUT2D eigenvalue weighted by Crippen LogP contribution is -2.43. The number of alkyl halides is 3. The average Bonchev–Trinajstić information content (AvgIpc) is 3.08. The Kier molecular flexibility index (Phi) is 4.03. The molecule has 1 aliphatic heterocycles. The highest BCUT2D eigenvalue weighted by Gasteiger charge is 2.34. The van der Waals surface area contributed by atoms with Crippen LogP contribution in [0.1, 0.15) is 27.8 Å². The first-order chi connectivity index (χ1) is 11.0. The largest absolute Gasteiger partial charge is 0.416 e. The summed E-state index contributed by atoms with van der Waals surface area (Å²) in [5.41, 5.74) is -0.914. The molecule has 0 bridgehead atoms. The van der Waals surface area contributed by atoms with E-state index in [1.807, 2.05) is 0 Å². The maximum Gasteiger partial charge on any atom is 0.416 e.